The number of benzene rings is 2. The first kappa shape index (κ1) is 16.0. The smallest absolute Gasteiger partial charge is 0.343 e. The van der Waals surface area contributed by atoms with Gasteiger partial charge in [0.25, 0.3) is 0 Å². The number of para-hydroxylation sites is 2. The number of allylic oxidation sites excluding steroid dienone is 2. The molecular weight excluding hydrogens is 342 g/mol. The molecule has 5 nitrogen and oxygen atoms in total. The summed E-state index contributed by atoms with van der Waals surface area (Å²) in [5, 5.41) is 0. The molecule has 27 heavy (non-hydrogen) atoms. The van der Waals surface area contributed by atoms with Crippen molar-refractivity contribution < 1.29 is 19.1 Å². The molecular formula is C22H17NO4. The van der Waals surface area contributed by atoms with Crippen LogP contribution >= 0.6 is 0 Å². The summed E-state index contributed by atoms with van der Waals surface area (Å²) in [6.45, 7) is 0. The molecule has 2 amide bonds. The summed E-state index contributed by atoms with van der Waals surface area (Å²) in [6.07, 6.45) is 5.00. The number of carbonyl (C=O) groups is 3. The summed E-state index contributed by atoms with van der Waals surface area (Å²) >= 11 is 0. The number of esters is 1. The fourth-order valence-electron chi connectivity index (χ4n) is 4.60. The summed E-state index contributed by atoms with van der Waals surface area (Å²) in [5.74, 6) is -0.982. The number of anilines is 1. The van der Waals surface area contributed by atoms with Gasteiger partial charge in [-0.3, -0.25) is 9.59 Å². The average Bonchev–Trinajstić information content (AvgIpc) is 3.37. The molecule has 2 aliphatic carbocycles. The molecule has 4 atom stereocenters. The second-order valence-corrected chi connectivity index (χ2v) is 7.24. The Bertz CT molecular complexity index is 951. The van der Waals surface area contributed by atoms with Gasteiger partial charge < -0.3 is 4.74 Å². The maximum atomic E-state index is 13.0. The number of ether oxygens (including phenoxy) is 1. The molecule has 0 aromatic heterocycles. The number of carbonyl (C=O) groups excluding carboxylic acids is 3. The lowest BCUT2D eigenvalue weighted by Crippen LogP contribution is -2.33. The van der Waals surface area contributed by atoms with Crippen molar-refractivity contribution in [2.24, 2.45) is 23.7 Å². The topological polar surface area (TPSA) is 63.7 Å². The van der Waals surface area contributed by atoms with Crippen molar-refractivity contribution >= 4 is 23.5 Å². The fraction of sp³-hybridized carbons (Fsp3) is 0.227. The lowest BCUT2D eigenvalue weighted by Gasteiger charge is -2.20. The van der Waals surface area contributed by atoms with Gasteiger partial charge >= 0.3 is 5.97 Å². The van der Waals surface area contributed by atoms with Gasteiger partial charge in [0, 0.05) is 0 Å². The predicted octanol–water partition coefficient (Wildman–Crippen LogP) is 3.22. The Morgan fingerprint density at radius 3 is 2.11 bits per heavy atom. The molecule has 1 aliphatic heterocycles. The zero-order valence-electron chi connectivity index (χ0n) is 14.4. The third-order valence-electron chi connectivity index (χ3n) is 5.79. The number of hydrogen-bond donors (Lipinski definition) is 0. The Morgan fingerprint density at radius 2 is 1.44 bits per heavy atom. The lowest BCUT2D eigenvalue weighted by molar-refractivity contribution is -0.123. The summed E-state index contributed by atoms with van der Waals surface area (Å²) in [5.41, 5.74) is 0.746. The van der Waals surface area contributed by atoms with Crippen LogP contribution in [0, 0.1) is 23.7 Å². The minimum atomic E-state index is -0.524. The Labute approximate surface area is 156 Å². The van der Waals surface area contributed by atoms with Gasteiger partial charge in [0.05, 0.1) is 23.1 Å². The maximum absolute atomic E-state index is 13.0. The standard InChI is InChI=1S/C22H17NO4/c24-20-18-14-10-11-15(12-14)19(18)21(25)23(20)16-8-4-5-9-17(16)27-22(26)13-6-2-1-3-7-13/h1-11,14-15,18-19H,12H2. The lowest BCUT2D eigenvalue weighted by atomic mass is 9.85. The van der Waals surface area contributed by atoms with Gasteiger partial charge in [-0.25, -0.2) is 9.69 Å². The van der Waals surface area contributed by atoms with Crippen LogP contribution in [0.2, 0.25) is 0 Å². The first-order chi connectivity index (χ1) is 13.1. The van der Waals surface area contributed by atoms with Crippen molar-refractivity contribution in [3.63, 3.8) is 0 Å². The van der Waals surface area contributed by atoms with Crippen molar-refractivity contribution in [2.45, 2.75) is 6.42 Å². The van der Waals surface area contributed by atoms with Crippen molar-refractivity contribution in [3.05, 3.63) is 72.3 Å². The van der Waals surface area contributed by atoms with E-state index < -0.39 is 5.97 Å². The van der Waals surface area contributed by atoms with Crippen LogP contribution in [0.3, 0.4) is 0 Å². The van der Waals surface area contributed by atoms with Crippen molar-refractivity contribution in [1.82, 2.24) is 0 Å². The zero-order chi connectivity index (χ0) is 18.5. The van der Waals surface area contributed by atoms with Crippen LogP contribution in [-0.4, -0.2) is 17.8 Å². The minimum Gasteiger partial charge on any atom is -0.421 e. The van der Waals surface area contributed by atoms with E-state index in [2.05, 4.69) is 12.2 Å². The molecule has 1 saturated carbocycles. The molecule has 2 aromatic rings. The molecule has 0 N–H and O–H groups in total. The number of imide groups is 1. The number of rotatable bonds is 3. The third-order valence-corrected chi connectivity index (χ3v) is 5.79. The Hall–Kier alpha value is -3.21. The van der Waals surface area contributed by atoms with E-state index in [9.17, 15) is 14.4 Å². The molecule has 4 unspecified atom stereocenters. The second-order valence-electron chi connectivity index (χ2n) is 7.24. The van der Waals surface area contributed by atoms with Crippen molar-refractivity contribution in [2.75, 3.05) is 4.90 Å². The Balaban J connectivity index is 1.48. The second kappa shape index (κ2) is 5.91. The van der Waals surface area contributed by atoms with Gasteiger partial charge in [-0.05, 0) is 42.5 Å². The van der Waals surface area contributed by atoms with Crippen LogP contribution in [0.4, 0.5) is 5.69 Å². The van der Waals surface area contributed by atoms with E-state index in [1.54, 1.807) is 48.5 Å². The van der Waals surface area contributed by atoms with Crippen LogP contribution in [0.1, 0.15) is 16.8 Å². The predicted molar refractivity (Wildman–Crippen MR) is 98.1 cm³/mol. The van der Waals surface area contributed by atoms with E-state index in [4.69, 9.17) is 4.74 Å². The minimum absolute atomic E-state index is 0.139. The van der Waals surface area contributed by atoms with Crippen LogP contribution < -0.4 is 9.64 Å². The number of hydrogen-bond acceptors (Lipinski definition) is 4. The van der Waals surface area contributed by atoms with E-state index in [0.717, 1.165) is 6.42 Å². The molecule has 2 bridgehead atoms. The van der Waals surface area contributed by atoms with Crippen LogP contribution in [0.15, 0.2) is 66.7 Å². The summed E-state index contributed by atoms with van der Waals surface area (Å²) in [6, 6.07) is 15.3. The van der Waals surface area contributed by atoms with E-state index in [0.29, 0.717) is 11.3 Å². The summed E-state index contributed by atoms with van der Waals surface area (Å²) in [4.78, 5) is 39.7. The Morgan fingerprint density at radius 1 is 0.852 bits per heavy atom. The number of fused-ring (bicyclic) bond motifs is 5. The molecule has 5 rings (SSSR count). The molecule has 0 radical (unpaired) electrons. The Kier molecular flexibility index (Phi) is 3.50. The quantitative estimate of drug-likeness (QED) is 0.365. The highest BCUT2D eigenvalue weighted by Crippen LogP contribution is 2.53. The fourth-order valence-corrected chi connectivity index (χ4v) is 4.60. The molecule has 1 saturated heterocycles. The van der Waals surface area contributed by atoms with Gasteiger partial charge in [0.2, 0.25) is 11.8 Å². The summed E-state index contributed by atoms with van der Waals surface area (Å²) in [7, 11) is 0. The highest BCUT2D eigenvalue weighted by Gasteiger charge is 2.59. The third kappa shape index (κ3) is 2.35. The highest BCUT2D eigenvalue weighted by molar-refractivity contribution is 6.23. The normalized spacial score (nSPS) is 27.9. The average molecular weight is 359 g/mol. The van der Waals surface area contributed by atoms with Gasteiger partial charge in [-0.15, -0.1) is 0 Å². The van der Waals surface area contributed by atoms with Crippen LogP contribution in [-0.2, 0) is 9.59 Å². The van der Waals surface area contributed by atoms with Gasteiger partial charge in [0.15, 0.2) is 5.75 Å². The van der Waals surface area contributed by atoms with Gasteiger partial charge in [-0.2, -0.15) is 0 Å². The van der Waals surface area contributed by atoms with Gasteiger partial charge in [0.1, 0.15) is 0 Å². The molecule has 5 heteroatoms. The first-order valence-corrected chi connectivity index (χ1v) is 9.07. The van der Waals surface area contributed by atoms with E-state index in [1.165, 1.54) is 4.90 Å². The number of nitrogens with zero attached hydrogens (tertiary/aromatic N) is 1. The van der Waals surface area contributed by atoms with E-state index in [-0.39, 0.29) is 41.2 Å². The molecule has 2 fully saturated rings. The van der Waals surface area contributed by atoms with E-state index >= 15 is 0 Å². The maximum Gasteiger partial charge on any atom is 0.343 e. The van der Waals surface area contributed by atoms with Crippen LogP contribution in [0.25, 0.3) is 0 Å². The first-order valence-electron chi connectivity index (χ1n) is 9.07. The molecule has 1 heterocycles. The van der Waals surface area contributed by atoms with Crippen molar-refractivity contribution in [1.29, 1.82) is 0 Å². The highest BCUT2D eigenvalue weighted by atomic mass is 16.5. The monoisotopic (exact) mass is 359 g/mol. The molecule has 0 spiro atoms. The number of amides is 2. The van der Waals surface area contributed by atoms with E-state index in [1.807, 2.05) is 6.07 Å². The molecule has 2 aromatic carbocycles. The van der Waals surface area contributed by atoms with Crippen LogP contribution in [0.5, 0.6) is 5.75 Å². The molecule has 134 valence electrons. The van der Waals surface area contributed by atoms with Crippen molar-refractivity contribution in [3.8, 4) is 5.75 Å². The SMILES string of the molecule is O=C(Oc1ccccc1N1C(=O)C2C3C=CC(C3)C2C1=O)c1ccccc1. The molecule has 3 aliphatic rings. The largest absolute Gasteiger partial charge is 0.421 e. The zero-order valence-corrected chi connectivity index (χ0v) is 14.4. The van der Waals surface area contributed by atoms with Gasteiger partial charge in [-0.1, -0.05) is 42.5 Å². The summed E-state index contributed by atoms with van der Waals surface area (Å²) < 4.78 is 5.53.